The summed E-state index contributed by atoms with van der Waals surface area (Å²) < 4.78 is 1.06. The number of rotatable bonds is 3. The zero-order valence-electron chi connectivity index (χ0n) is 10.6. The molecule has 0 aliphatic rings. The van der Waals surface area contributed by atoms with Crippen LogP contribution in [-0.2, 0) is 0 Å². The van der Waals surface area contributed by atoms with Crippen molar-refractivity contribution in [3.63, 3.8) is 0 Å². The molecule has 0 bridgehead atoms. The fraction of sp³-hybridized carbons (Fsp3) is 0.0769. The minimum Gasteiger partial charge on any atom is -0.409 e. The summed E-state index contributed by atoms with van der Waals surface area (Å²) >= 11 is 3.70. The number of halogens is 1. The number of carbonyl (C=O) groups excluding carboxylic acids is 1. The van der Waals surface area contributed by atoms with Crippen LogP contribution in [0.4, 0.5) is 5.69 Å². The van der Waals surface area contributed by atoms with E-state index in [0.29, 0.717) is 16.8 Å². The normalized spacial score (nSPS) is 11.4. The Labute approximate surface area is 133 Å². The van der Waals surface area contributed by atoms with Crippen molar-refractivity contribution < 1.29 is 10.0 Å². The topological polar surface area (TPSA) is 78.9 Å². The van der Waals surface area contributed by atoms with Crippen LogP contribution in [0.15, 0.2) is 40.9 Å². The number of anilines is 1. The standard InChI is InChI=1S/C13H12IN3O2S/c1-17(13(18)9-6-11(14)20-7-9)10-4-2-3-8(5-10)12(15)16-19/h2-7,19H,1H3,(H2,15,16). The van der Waals surface area contributed by atoms with E-state index in [-0.39, 0.29) is 11.7 Å². The first-order valence-electron chi connectivity index (χ1n) is 5.63. The van der Waals surface area contributed by atoms with Crippen molar-refractivity contribution >= 4 is 51.4 Å². The van der Waals surface area contributed by atoms with Crippen LogP contribution in [0.5, 0.6) is 0 Å². The first kappa shape index (κ1) is 14.8. The van der Waals surface area contributed by atoms with Crippen molar-refractivity contribution in [3.05, 3.63) is 49.7 Å². The summed E-state index contributed by atoms with van der Waals surface area (Å²) in [6.45, 7) is 0. The highest BCUT2D eigenvalue weighted by atomic mass is 127. The summed E-state index contributed by atoms with van der Waals surface area (Å²) in [7, 11) is 1.69. The molecule has 20 heavy (non-hydrogen) atoms. The van der Waals surface area contributed by atoms with Gasteiger partial charge in [-0.25, -0.2) is 0 Å². The van der Waals surface area contributed by atoms with Crippen molar-refractivity contribution in [2.45, 2.75) is 0 Å². The lowest BCUT2D eigenvalue weighted by atomic mass is 10.1. The lowest BCUT2D eigenvalue weighted by Gasteiger charge is -2.17. The van der Waals surface area contributed by atoms with Crippen LogP contribution in [0, 0.1) is 2.88 Å². The number of thiophene rings is 1. The molecule has 0 aliphatic carbocycles. The lowest BCUT2D eigenvalue weighted by molar-refractivity contribution is 0.0993. The Hall–Kier alpha value is -1.61. The molecule has 0 saturated carbocycles. The molecular weight excluding hydrogens is 389 g/mol. The molecule has 7 heteroatoms. The average molecular weight is 401 g/mol. The SMILES string of the molecule is CN(C(=O)c1csc(I)c1)c1cccc(C(N)=NO)c1. The predicted molar refractivity (Wildman–Crippen MR) is 88.7 cm³/mol. The Bertz CT molecular complexity index is 669. The molecule has 1 aromatic heterocycles. The molecule has 104 valence electrons. The Kier molecular flexibility index (Phi) is 4.61. The highest BCUT2D eigenvalue weighted by Crippen LogP contribution is 2.21. The van der Waals surface area contributed by atoms with E-state index in [2.05, 4.69) is 27.7 Å². The quantitative estimate of drug-likeness (QED) is 0.273. The second kappa shape index (κ2) is 6.23. The molecule has 0 aliphatic heterocycles. The van der Waals surface area contributed by atoms with Gasteiger partial charge in [-0.15, -0.1) is 11.3 Å². The molecular formula is C13H12IN3O2S. The fourth-order valence-electron chi connectivity index (χ4n) is 1.66. The number of hydrogen-bond donors (Lipinski definition) is 2. The number of hydrogen-bond acceptors (Lipinski definition) is 4. The summed E-state index contributed by atoms with van der Waals surface area (Å²) in [6.07, 6.45) is 0. The number of benzene rings is 1. The van der Waals surface area contributed by atoms with Crippen LogP contribution in [0.2, 0.25) is 0 Å². The summed E-state index contributed by atoms with van der Waals surface area (Å²) in [4.78, 5) is 13.9. The van der Waals surface area contributed by atoms with Crippen LogP contribution >= 0.6 is 33.9 Å². The van der Waals surface area contributed by atoms with E-state index in [9.17, 15) is 4.79 Å². The maximum Gasteiger partial charge on any atom is 0.258 e. The van der Waals surface area contributed by atoms with Gasteiger partial charge in [-0.3, -0.25) is 4.79 Å². The van der Waals surface area contributed by atoms with Gasteiger partial charge in [-0.1, -0.05) is 17.3 Å². The third kappa shape index (κ3) is 3.10. The van der Waals surface area contributed by atoms with Crippen LogP contribution < -0.4 is 10.6 Å². The number of carbonyl (C=O) groups is 1. The first-order valence-corrected chi connectivity index (χ1v) is 7.59. The molecule has 2 rings (SSSR count). The molecule has 1 heterocycles. The van der Waals surface area contributed by atoms with Crippen molar-refractivity contribution in [3.8, 4) is 0 Å². The third-order valence-corrected chi connectivity index (χ3v) is 4.55. The number of amides is 1. The minimum absolute atomic E-state index is 0.0118. The highest BCUT2D eigenvalue weighted by Gasteiger charge is 2.15. The van der Waals surface area contributed by atoms with Gasteiger partial charge in [-0.05, 0) is 40.8 Å². The van der Waals surface area contributed by atoms with Crippen LogP contribution in [0.25, 0.3) is 0 Å². The Morgan fingerprint density at radius 1 is 1.40 bits per heavy atom. The van der Waals surface area contributed by atoms with Crippen molar-refractivity contribution in [2.24, 2.45) is 10.9 Å². The van der Waals surface area contributed by atoms with Crippen LogP contribution in [0.3, 0.4) is 0 Å². The van der Waals surface area contributed by atoms with Gasteiger partial charge in [-0.2, -0.15) is 0 Å². The van der Waals surface area contributed by atoms with E-state index in [0.717, 1.165) is 2.88 Å². The van der Waals surface area contributed by atoms with Crippen LogP contribution in [0.1, 0.15) is 15.9 Å². The third-order valence-electron chi connectivity index (χ3n) is 2.76. The Balaban J connectivity index is 2.29. The zero-order valence-corrected chi connectivity index (χ0v) is 13.6. The van der Waals surface area contributed by atoms with E-state index in [1.807, 2.05) is 11.4 Å². The molecule has 0 radical (unpaired) electrons. The Morgan fingerprint density at radius 2 is 2.15 bits per heavy atom. The molecule has 0 unspecified atom stereocenters. The number of nitrogens with two attached hydrogens (primary N) is 1. The largest absolute Gasteiger partial charge is 0.409 e. The van der Waals surface area contributed by atoms with Crippen molar-refractivity contribution in [1.29, 1.82) is 0 Å². The van der Waals surface area contributed by atoms with E-state index in [1.54, 1.807) is 31.3 Å². The van der Waals surface area contributed by atoms with E-state index in [1.165, 1.54) is 16.2 Å². The van der Waals surface area contributed by atoms with Gasteiger partial charge in [0.05, 0.1) is 8.45 Å². The number of amidine groups is 1. The summed E-state index contributed by atoms with van der Waals surface area (Å²) in [5.74, 6) is -0.0846. The molecule has 0 fully saturated rings. The molecule has 1 amide bonds. The maximum absolute atomic E-state index is 12.3. The van der Waals surface area contributed by atoms with E-state index in [4.69, 9.17) is 10.9 Å². The second-order valence-corrected chi connectivity index (χ2v) is 6.84. The minimum atomic E-state index is -0.0965. The van der Waals surface area contributed by atoms with Gasteiger partial charge in [0.25, 0.3) is 5.91 Å². The summed E-state index contributed by atoms with van der Waals surface area (Å²) in [5, 5.41) is 13.5. The lowest BCUT2D eigenvalue weighted by Crippen LogP contribution is -2.26. The fourth-order valence-corrected chi connectivity index (χ4v) is 2.99. The maximum atomic E-state index is 12.3. The van der Waals surface area contributed by atoms with Gasteiger partial charge in [0.1, 0.15) is 0 Å². The molecule has 0 atom stereocenters. The molecule has 2 aromatic rings. The highest BCUT2D eigenvalue weighted by molar-refractivity contribution is 14.1. The molecule has 0 saturated heterocycles. The number of oxime groups is 1. The van der Waals surface area contributed by atoms with Gasteiger partial charge in [0, 0.05) is 23.7 Å². The van der Waals surface area contributed by atoms with Gasteiger partial charge in [0.15, 0.2) is 5.84 Å². The summed E-state index contributed by atoms with van der Waals surface area (Å²) in [6, 6.07) is 8.80. The first-order chi connectivity index (χ1) is 9.52. The second-order valence-electron chi connectivity index (χ2n) is 4.04. The van der Waals surface area contributed by atoms with Gasteiger partial charge >= 0.3 is 0 Å². The number of nitrogens with zero attached hydrogens (tertiary/aromatic N) is 2. The van der Waals surface area contributed by atoms with E-state index >= 15 is 0 Å². The average Bonchev–Trinajstić information content (AvgIpc) is 2.91. The monoisotopic (exact) mass is 401 g/mol. The van der Waals surface area contributed by atoms with E-state index < -0.39 is 0 Å². The Morgan fingerprint density at radius 3 is 2.75 bits per heavy atom. The molecule has 0 spiro atoms. The van der Waals surface area contributed by atoms with Gasteiger partial charge < -0.3 is 15.8 Å². The van der Waals surface area contributed by atoms with Crippen molar-refractivity contribution in [2.75, 3.05) is 11.9 Å². The predicted octanol–water partition coefficient (Wildman–Crippen LogP) is 2.72. The van der Waals surface area contributed by atoms with Crippen molar-refractivity contribution in [1.82, 2.24) is 0 Å². The summed E-state index contributed by atoms with van der Waals surface area (Å²) in [5.41, 5.74) is 7.44. The smallest absolute Gasteiger partial charge is 0.258 e. The molecule has 5 nitrogen and oxygen atoms in total. The molecule has 3 N–H and O–H groups in total. The van der Waals surface area contributed by atoms with Crippen LogP contribution in [-0.4, -0.2) is 24.0 Å². The molecule has 1 aromatic carbocycles. The van der Waals surface area contributed by atoms with Gasteiger partial charge in [0.2, 0.25) is 0 Å². The zero-order chi connectivity index (χ0) is 14.7.